The fourth-order valence-corrected chi connectivity index (χ4v) is 2.74. The van der Waals surface area contributed by atoms with Gasteiger partial charge < -0.3 is 20.4 Å². The van der Waals surface area contributed by atoms with Crippen molar-refractivity contribution in [3.8, 4) is 5.75 Å². The largest absolute Gasteiger partial charge is 0.482 e. The lowest BCUT2D eigenvalue weighted by Crippen LogP contribution is -2.28. The molecule has 1 aromatic heterocycles. The minimum Gasteiger partial charge on any atom is -0.482 e. The number of H-pyrrole nitrogens is 1. The van der Waals surface area contributed by atoms with Crippen molar-refractivity contribution in [3.63, 3.8) is 0 Å². The minimum absolute atomic E-state index is 0.0376. The monoisotopic (exact) mass is 336 g/mol. The number of ether oxygens (including phenoxy) is 1. The number of hydrogen-bond donors (Lipinski definition) is 3. The van der Waals surface area contributed by atoms with E-state index in [4.69, 9.17) is 4.74 Å². The quantitative estimate of drug-likeness (QED) is 0.678. The van der Waals surface area contributed by atoms with Crippen LogP contribution in [0.4, 0.5) is 5.69 Å². The summed E-state index contributed by atoms with van der Waals surface area (Å²) >= 11 is 0. The fraction of sp³-hybridized carbons (Fsp3) is 0.167. The van der Waals surface area contributed by atoms with Crippen molar-refractivity contribution in [3.05, 3.63) is 53.9 Å². The van der Waals surface area contributed by atoms with E-state index in [0.717, 1.165) is 16.9 Å². The predicted molar refractivity (Wildman–Crippen MR) is 92.7 cm³/mol. The van der Waals surface area contributed by atoms with E-state index in [1.165, 1.54) is 0 Å². The van der Waals surface area contributed by atoms with Gasteiger partial charge in [0, 0.05) is 18.5 Å². The van der Waals surface area contributed by atoms with E-state index in [0.29, 0.717) is 30.0 Å². The molecule has 0 saturated carbocycles. The van der Waals surface area contributed by atoms with Gasteiger partial charge in [-0.2, -0.15) is 0 Å². The van der Waals surface area contributed by atoms with Crippen LogP contribution in [0, 0.1) is 0 Å². The zero-order valence-corrected chi connectivity index (χ0v) is 13.3. The molecule has 0 atom stereocenters. The van der Waals surface area contributed by atoms with Crippen LogP contribution in [0.5, 0.6) is 5.75 Å². The molecule has 2 amide bonds. The molecule has 1 aliphatic heterocycles. The second-order valence-electron chi connectivity index (χ2n) is 5.75. The van der Waals surface area contributed by atoms with Gasteiger partial charge in [0.25, 0.3) is 11.8 Å². The first-order chi connectivity index (χ1) is 12.2. The van der Waals surface area contributed by atoms with E-state index >= 15 is 0 Å². The molecule has 2 heterocycles. The molecule has 126 valence electrons. The Morgan fingerprint density at radius 3 is 3.00 bits per heavy atom. The van der Waals surface area contributed by atoms with Crippen molar-refractivity contribution in [2.75, 3.05) is 18.5 Å². The normalized spacial score (nSPS) is 13.0. The van der Waals surface area contributed by atoms with Gasteiger partial charge in [0.15, 0.2) is 6.61 Å². The molecule has 0 radical (unpaired) electrons. The first-order valence-corrected chi connectivity index (χ1v) is 7.97. The molecular weight excluding hydrogens is 320 g/mol. The molecule has 0 unspecified atom stereocenters. The van der Waals surface area contributed by atoms with Gasteiger partial charge in [-0.15, -0.1) is 0 Å². The molecule has 0 aliphatic carbocycles. The maximum Gasteiger partial charge on any atom is 0.262 e. The molecule has 7 heteroatoms. The summed E-state index contributed by atoms with van der Waals surface area (Å²) in [5.74, 6) is 0.942. The molecule has 0 saturated heterocycles. The highest BCUT2D eigenvalue weighted by Gasteiger charge is 2.17. The number of anilines is 1. The summed E-state index contributed by atoms with van der Waals surface area (Å²) in [5.41, 5.74) is 2.96. The third-order valence-electron chi connectivity index (χ3n) is 3.96. The van der Waals surface area contributed by atoms with Crippen LogP contribution in [0.25, 0.3) is 11.0 Å². The molecule has 0 spiro atoms. The Morgan fingerprint density at radius 1 is 1.24 bits per heavy atom. The number of aromatic nitrogens is 2. The number of nitrogens with zero attached hydrogens (tertiary/aromatic N) is 1. The summed E-state index contributed by atoms with van der Waals surface area (Å²) < 4.78 is 5.33. The second kappa shape index (κ2) is 6.27. The third kappa shape index (κ3) is 3.16. The van der Waals surface area contributed by atoms with E-state index in [9.17, 15) is 9.59 Å². The van der Waals surface area contributed by atoms with Gasteiger partial charge in [0.05, 0.1) is 16.7 Å². The zero-order chi connectivity index (χ0) is 17.2. The van der Waals surface area contributed by atoms with Gasteiger partial charge in [0.2, 0.25) is 0 Å². The van der Waals surface area contributed by atoms with Gasteiger partial charge in [0.1, 0.15) is 11.6 Å². The predicted octanol–water partition coefficient (Wildman–Crippen LogP) is 1.87. The molecule has 3 N–H and O–H groups in total. The highest BCUT2D eigenvalue weighted by atomic mass is 16.5. The van der Waals surface area contributed by atoms with Crippen LogP contribution in [0.2, 0.25) is 0 Å². The van der Waals surface area contributed by atoms with E-state index < -0.39 is 0 Å². The van der Waals surface area contributed by atoms with Crippen molar-refractivity contribution in [2.45, 2.75) is 6.42 Å². The Labute approximate surface area is 143 Å². The van der Waals surface area contributed by atoms with Gasteiger partial charge in [-0.3, -0.25) is 9.59 Å². The maximum atomic E-state index is 12.3. The van der Waals surface area contributed by atoms with Gasteiger partial charge in [-0.1, -0.05) is 12.1 Å². The molecule has 0 bridgehead atoms. The standard InChI is InChI=1S/C18H16N4O3/c23-17-10-25-15-9-11(5-6-14(15)22-17)18(24)19-8-7-16-20-12-3-1-2-4-13(12)21-16/h1-6,9H,7-8,10H2,(H,19,24)(H,20,21)(H,22,23). The number of amides is 2. The first kappa shape index (κ1) is 15.2. The average molecular weight is 336 g/mol. The van der Waals surface area contributed by atoms with Crippen molar-refractivity contribution < 1.29 is 14.3 Å². The van der Waals surface area contributed by atoms with Crippen LogP contribution in [0.15, 0.2) is 42.5 Å². The molecule has 4 rings (SSSR count). The number of benzene rings is 2. The summed E-state index contributed by atoms with van der Waals surface area (Å²) in [7, 11) is 0. The first-order valence-electron chi connectivity index (χ1n) is 7.97. The highest BCUT2D eigenvalue weighted by Crippen LogP contribution is 2.28. The van der Waals surface area contributed by atoms with Gasteiger partial charge >= 0.3 is 0 Å². The lowest BCUT2D eigenvalue weighted by atomic mass is 10.1. The van der Waals surface area contributed by atoms with Crippen LogP contribution >= 0.6 is 0 Å². The fourth-order valence-electron chi connectivity index (χ4n) is 2.74. The van der Waals surface area contributed by atoms with Crippen molar-refractivity contribution in [1.82, 2.24) is 15.3 Å². The molecule has 0 fully saturated rings. The average Bonchev–Trinajstić information content (AvgIpc) is 3.04. The zero-order valence-electron chi connectivity index (χ0n) is 13.3. The number of imidazole rings is 1. The number of rotatable bonds is 4. The van der Waals surface area contributed by atoms with Gasteiger partial charge in [-0.25, -0.2) is 4.98 Å². The smallest absolute Gasteiger partial charge is 0.262 e. The van der Waals surface area contributed by atoms with Crippen LogP contribution < -0.4 is 15.4 Å². The number of carbonyl (C=O) groups excluding carboxylic acids is 2. The number of fused-ring (bicyclic) bond motifs is 2. The molecule has 1 aliphatic rings. The summed E-state index contributed by atoms with van der Waals surface area (Å²) in [6.45, 7) is 0.428. The van der Waals surface area contributed by atoms with Crippen LogP contribution in [-0.2, 0) is 11.2 Å². The van der Waals surface area contributed by atoms with E-state index in [-0.39, 0.29) is 18.4 Å². The van der Waals surface area contributed by atoms with E-state index in [1.54, 1.807) is 18.2 Å². The van der Waals surface area contributed by atoms with Crippen molar-refractivity contribution in [1.29, 1.82) is 0 Å². The van der Waals surface area contributed by atoms with Crippen LogP contribution in [0.3, 0.4) is 0 Å². The number of aromatic amines is 1. The van der Waals surface area contributed by atoms with Crippen molar-refractivity contribution >= 4 is 28.5 Å². The summed E-state index contributed by atoms with van der Waals surface area (Å²) in [4.78, 5) is 31.2. The number of para-hydroxylation sites is 2. The highest BCUT2D eigenvalue weighted by molar-refractivity contribution is 5.99. The molecular formula is C18H16N4O3. The van der Waals surface area contributed by atoms with Gasteiger partial charge in [-0.05, 0) is 30.3 Å². The number of carbonyl (C=O) groups is 2. The van der Waals surface area contributed by atoms with E-state index in [1.807, 2.05) is 24.3 Å². The van der Waals surface area contributed by atoms with Crippen LogP contribution in [-0.4, -0.2) is 34.9 Å². The number of hydrogen-bond acceptors (Lipinski definition) is 4. The Hall–Kier alpha value is -3.35. The lowest BCUT2D eigenvalue weighted by molar-refractivity contribution is -0.118. The second-order valence-corrected chi connectivity index (χ2v) is 5.75. The molecule has 2 aromatic carbocycles. The third-order valence-corrected chi connectivity index (χ3v) is 3.96. The molecule has 3 aromatic rings. The van der Waals surface area contributed by atoms with Crippen LogP contribution in [0.1, 0.15) is 16.2 Å². The Bertz CT molecular complexity index is 931. The Balaban J connectivity index is 1.38. The lowest BCUT2D eigenvalue weighted by Gasteiger charge is -2.18. The topological polar surface area (TPSA) is 96.1 Å². The summed E-state index contributed by atoms with van der Waals surface area (Å²) in [5, 5.41) is 5.56. The molecule has 25 heavy (non-hydrogen) atoms. The molecule has 7 nitrogen and oxygen atoms in total. The van der Waals surface area contributed by atoms with Crippen molar-refractivity contribution in [2.24, 2.45) is 0 Å². The number of nitrogens with one attached hydrogen (secondary N) is 3. The Kier molecular flexibility index (Phi) is 3.81. The summed E-state index contributed by atoms with van der Waals surface area (Å²) in [6, 6.07) is 12.8. The summed E-state index contributed by atoms with van der Waals surface area (Å²) in [6.07, 6.45) is 0.609. The Morgan fingerprint density at radius 2 is 2.12 bits per heavy atom. The maximum absolute atomic E-state index is 12.3. The van der Waals surface area contributed by atoms with E-state index in [2.05, 4.69) is 20.6 Å². The SMILES string of the molecule is O=C1COc2cc(C(=O)NCCc3nc4ccccc4[nH]3)ccc2N1. The minimum atomic E-state index is -0.199.